The van der Waals surface area contributed by atoms with Gasteiger partial charge in [-0.1, -0.05) is 42.5 Å². The first-order valence-electron chi connectivity index (χ1n) is 19.0. The summed E-state index contributed by atoms with van der Waals surface area (Å²) in [7, 11) is 0. The number of rotatable bonds is 7. The molecule has 2 heterocycles. The predicted octanol–water partition coefficient (Wildman–Crippen LogP) is 14.2. The molecule has 0 atom stereocenters. The molecule has 0 unspecified atom stereocenters. The molecule has 0 N–H and O–H groups in total. The summed E-state index contributed by atoms with van der Waals surface area (Å²) in [6.45, 7) is 0. The van der Waals surface area contributed by atoms with Gasteiger partial charge in [0, 0.05) is 16.5 Å². The molecule has 0 radical (unpaired) electrons. The molecule has 9 aromatic carbocycles. The van der Waals surface area contributed by atoms with E-state index in [1.54, 1.807) is 0 Å². The summed E-state index contributed by atoms with van der Waals surface area (Å²) >= 11 is 0.255. The minimum atomic E-state index is 0.255. The first-order chi connectivity index (χ1) is 27.8. The average Bonchev–Trinajstić information content (AvgIpc) is 3.81. The Kier molecular flexibility index (Phi) is 7.84. The summed E-state index contributed by atoms with van der Waals surface area (Å²) in [4.78, 5) is 4.81. The van der Waals surface area contributed by atoms with E-state index in [4.69, 9.17) is 0 Å². The molecule has 0 aliphatic rings. The molecule has 0 saturated carbocycles. The maximum absolute atomic E-state index is 2.42. The maximum atomic E-state index is 2.42. The van der Waals surface area contributed by atoms with E-state index in [1.165, 1.54) is 57.6 Å². The molecule has 0 aliphatic carbocycles. The zero-order chi connectivity index (χ0) is 37.0. The van der Waals surface area contributed by atoms with Crippen LogP contribution in [-0.2, 0) is 0 Å². The van der Waals surface area contributed by atoms with E-state index in [0.29, 0.717) is 0 Å². The summed E-state index contributed by atoms with van der Waals surface area (Å²) in [6.07, 6.45) is 0. The van der Waals surface area contributed by atoms with Crippen LogP contribution in [-0.4, -0.2) is 19.1 Å². The molecule has 264 valence electrons. The van der Waals surface area contributed by atoms with E-state index >= 15 is 0 Å². The summed E-state index contributed by atoms with van der Waals surface area (Å²) in [6, 6.07) is 77.2. The molecule has 0 amide bonds. The molecule has 0 bridgehead atoms. The fourth-order valence-corrected chi connectivity index (χ4v) is 11.1. The van der Waals surface area contributed by atoms with Crippen LogP contribution in [0.3, 0.4) is 0 Å². The van der Waals surface area contributed by atoms with Crippen molar-refractivity contribution in [1.82, 2.24) is 4.57 Å². The summed E-state index contributed by atoms with van der Waals surface area (Å²) in [5.41, 5.74) is 10.2. The van der Waals surface area contributed by atoms with Gasteiger partial charge in [-0.3, -0.25) is 0 Å². The molecule has 11 aromatic rings. The second kappa shape index (κ2) is 13.5. The van der Waals surface area contributed by atoms with Crippen molar-refractivity contribution < 1.29 is 0 Å². The van der Waals surface area contributed by atoms with E-state index in [0.717, 1.165) is 34.1 Å². The fourth-order valence-electron chi connectivity index (χ4n) is 8.47. The van der Waals surface area contributed by atoms with Gasteiger partial charge in [-0.15, -0.1) is 0 Å². The van der Waals surface area contributed by atoms with Crippen molar-refractivity contribution in [2.75, 3.05) is 9.80 Å². The molecule has 4 heteroatoms. The summed E-state index contributed by atoms with van der Waals surface area (Å²) in [5, 5.41) is 7.83. The molecule has 2 aromatic heterocycles. The molecule has 11 rings (SSSR count). The molecular weight excluding hydrogens is 746 g/mol. The molecule has 56 heavy (non-hydrogen) atoms. The third-order valence-corrected chi connectivity index (χ3v) is 13.5. The van der Waals surface area contributed by atoms with Crippen LogP contribution in [0.4, 0.5) is 34.1 Å². The quantitative estimate of drug-likeness (QED) is 0.149. The van der Waals surface area contributed by atoms with Crippen LogP contribution < -0.4 is 9.80 Å². The zero-order valence-electron chi connectivity index (χ0n) is 30.5. The van der Waals surface area contributed by atoms with Gasteiger partial charge in [0.25, 0.3) is 0 Å². The van der Waals surface area contributed by atoms with Crippen LogP contribution >= 0.6 is 0 Å². The SMILES string of the molecule is c1ccc(N(c2cccc(N(c3ccccc3)c3cccc4c3ccc3c5ccccc5[se]c43)c2)c2ccc3c4ccccc4n(-c4ccccc4)c3c2)cc1. The first kappa shape index (κ1) is 32.6. The van der Waals surface area contributed by atoms with Crippen molar-refractivity contribution in [1.29, 1.82) is 0 Å². The second-order valence-corrected chi connectivity index (χ2v) is 16.4. The number of anilines is 6. The number of benzene rings is 9. The third-order valence-electron chi connectivity index (χ3n) is 10.9. The molecule has 3 nitrogen and oxygen atoms in total. The van der Waals surface area contributed by atoms with Crippen molar-refractivity contribution >= 4 is 100 Å². The van der Waals surface area contributed by atoms with E-state index in [2.05, 4.69) is 227 Å². The van der Waals surface area contributed by atoms with Crippen molar-refractivity contribution in [2.24, 2.45) is 0 Å². The normalized spacial score (nSPS) is 11.6. The Morgan fingerprint density at radius 1 is 0.321 bits per heavy atom. The second-order valence-electron chi connectivity index (χ2n) is 14.2. The van der Waals surface area contributed by atoms with E-state index in [9.17, 15) is 0 Å². The monoisotopic (exact) mass is 781 g/mol. The van der Waals surface area contributed by atoms with Crippen molar-refractivity contribution in [3.05, 3.63) is 212 Å². The Balaban J connectivity index is 1.11. The number of fused-ring (bicyclic) bond motifs is 8. The Morgan fingerprint density at radius 2 is 0.839 bits per heavy atom. The van der Waals surface area contributed by atoms with Crippen LogP contribution in [0.5, 0.6) is 0 Å². The van der Waals surface area contributed by atoms with Gasteiger partial charge in [0.2, 0.25) is 0 Å². The number of hydrogen-bond acceptors (Lipinski definition) is 2. The molecule has 0 fully saturated rings. The van der Waals surface area contributed by atoms with E-state index in [-0.39, 0.29) is 14.5 Å². The van der Waals surface area contributed by atoms with Gasteiger partial charge in [-0.05, 0) is 18.2 Å². The molecule has 0 aliphatic heterocycles. The van der Waals surface area contributed by atoms with Gasteiger partial charge in [-0.2, -0.15) is 0 Å². The Hall–Kier alpha value is -6.84. The van der Waals surface area contributed by atoms with Crippen LogP contribution in [0, 0.1) is 0 Å². The fraction of sp³-hybridized carbons (Fsp3) is 0. The van der Waals surface area contributed by atoms with Gasteiger partial charge in [-0.25, -0.2) is 0 Å². The van der Waals surface area contributed by atoms with Gasteiger partial charge in [0.15, 0.2) is 0 Å². The van der Waals surface area contributed by atoms with Gasteiger partial charge in [0.05, 0.1) is 5.52 Å². The van der Waals surface area contributed by atoms with Crippen LogP contribution in [0.1, 0.15) is 0 Å². The zero-order valence-corrected chi connectivity index (χ0v) is 32.2. The van der Waals surface area contributed by atoms with Crippen LogP contribution in [0.25, 0.3) is 57.6 Å². The van der Waals surface area contributed by atoms with Crippen molar-refractivity contribution in [3.63, 3.8) is 0 Å². The predicted molar refractivity (Wildman–Crippen MR) is 240 cm³/mol. The number of hydrogen-bond donors (Lipinski definition) is 0. The number of nitrogens with zero attached hydrogens (tertiary/aromatic N) is 3. The first-order valence-corrected chi connectivity index (χ1v) is 20.7. The van der Waals surface area contributed by atoms with Gasteiger partial charge >= 0.3 is 246 Å². The molecule has 0 spiro atoms. The number of aromatic nitrogens is 1. The third kappa shape index (κ3) is 5.34. The van der Waals surface area contributed by atoms with Crippen molar-refractivity contribution in [2.45, 2.75) is 0 Å². The van der Waals surface area contributed by atoms with Gasteiger partial charge < -0.3 is 4.57 Å². The van der Waals surface area contributed by atoms with Crippen LogP contribution in [0.15, 0.2) is 212 Å². The minimum absolute atomic E-state index is 0.255. The van der Waals surface area contributed by atoms with Gasteiger partial charge in [0.1, 0.15) is 0 Å². The Bertz CT molecular complexity index is 3200. The van der Waals surface area contributed by atoms with Crippen LogP contribution in [0.2, 0.25) is 0 Å². The standard InChI is InChI=1S/C52H35N3Se/c1-4-16-36(17-5-1)53(41-30-31-43-42-24-10-12-27-49(42)55(50(43)35-41)38-20-8-3-9-21-38)39-22-14-23-40(34-39)54(37-18-6-2-7-19-37)48-28-15-26-46-44(48)32-33-47-45-25-11-13-29-51(45)56-52(46)47/h1-35H. The number of para-hydroxylation sites is 4. The molecular formula is C52H35N3Se. The summed E-state index contributed by atoms with van der Waals surface area (Å²) < 4.78 is 5.32. The topological polar surface area (TPSA) is 11.4 Å². The van der Waals surface area contributed by atoms with E-state index < -0.39 is 0 Å². The van der Waals surface area contributed by atoms with Crippen molar-refractivity contribution in [3.8, 4) is 5.69 Å². The average molecular weight is 781 g/mol. The Morgan fingerprint density at radius 3 is 1.62 bits per heavy atom. The van der Waals surface area contributed by atoms with E-state index in [1.807, 2.05) is 0 Å². The summed E-state index contributed by atoms with van der Waals surface area (Å²) in [5.74, 6) is 0. The molecule has 0 saturated heterocycles. The Labute approximate surface area is 331 Å².